The van der Waals surface area contributed by atoms with Crippen molar-refractivity contribution >= 4 is 45.6 Å². The third-order valence-corrected chi connectivity index (χ3v) is 9.63. The second-order valence-electron chi connectivity index (χ2n) is 10.2. The maximum absolute atomic E-state index is 12.3. The van der Waals surface area contributed by atoms with Gasteiger partial charge >= 0.3 is 0 Å². The molecule has 41 heavy (non-hydrogen) atoms. The number of rotatable bonds is 10. The van der Waals surface area contributed by atoms with Crippen LogP contribution in [-0.2, 0) is 0 Å². The van der Waals surface area contributed by atoms with Crippen LogP contribution in [0.5, 0.6) is 0 Å². The first-order valence-corrected chi connectivity index (χ1v) is 15.6. The maximum atomic E-state index is 12.3. The molecule has 0 fully saturated rings. The number of carbonyl (C=O) groups excluding carboxylic acids is 2. The maximum Gasteiger partial charge on any atom is 0.251 e. The summed E-state index contributed by atoms with van der Waals surface area (Å²) in [6.07, 6.45) is 3.30. The lowest BCUT2D eigenvalue weighted by Gasteiger charge is -2.08. The van der Waals surface area contributed by atoms with Gasteiger partial charge in [-0.25, -0.2) is 0 Å². The van der Waals surface area contributed by atoms with E-state index in [0.29, 0.717) is 37.3 Å². The Morgan fingerprint density at radius 1 is 0.683 bits per heavy atom. The third-order valence-electron chi connectivity index (χ3n) is 7.43. The van der Waals surface area contributed by atoms with Gasteiger partial charge in [0, 0.05) is 56.8 Å². The van der Waals surface area contributed by atoms with Crippen molar-refractivity contribution in [3.8, 4) is 20.9 Å². The molecule has 0 spiro atoms. The largest absolute Gasteiger partial charge is 0.351 e. The van der Waals surface area contributed by atoms with E-state index in [2.05, 4.69) is 36.6 Å². The Bertz CT molecular complexity index is 1460. The number of nitrogens with two attached hydrogens (primary N) is 2. The zero-order valence-electron chi connectivity index (χ0n) is 23.5. The molecule has 2 aromatic carbocycles. The number of amides is 2. The van der Waals surface area contributed by atoms with Crippen LogP contribution < -0.4 is 22.1 Å². The number of nitrogens with one attached hydrogen (secondary N) is 2. The Balaban J connectivity index is 1.40. The minimum Gasteiger partial charge on any atom is -0.351 e. The standard InChI is InChI=1S/C33H36N4O2S2/c1-20-28(18-30(40-20)22-6-10-24(11-7-22)32(38)36-16-14-34)26-4-3-5-27(26)29-19-31(41-21(29)2)23-8-12-25(13-9-23)33(39)37-17-15-35/h6-13,18-19H,3-5,14-17,34-35H2,1-2H3,(H,36,38)(H,37,39). The zero-order chi connectivity index (χ0) is 28.9. The molecule has 5 rings (SSSR count). The van der Waals surface area contributed by atoms with Gasteiger partial charge in [0.05, 0.1) is 0 Å². The number of hydrogen-bond donors (Lipinski definition) is 4. The smallest absolute Gasteiger partial charge is 0.251 e. The van der Waals surface area contributed by atoms with E-state index in [-0.39, 0.29) is 11.8 Å². The van der Waals surface area contributed by atoms with Crippen molar-refractivity contribution in [2.75, 3.05) is 26.2 Å². The highest BCUT2D eigenvalue weighted by atomic mass is 32.1. The summed E-state index contributed by atoms with van der Waals surface area (Å²) in [4.78, 5) is 29.6. The van der Waals surface area contributed by atoms with Crippen molar-refractivity contribution in [1.29, 1.82) is 0 Å². The Kier molecular flexibility index (Phi) is 9.15. The van der Waals surface area contributed by atoms with Crippen LogP contribution in [0.3, 0.4) is 0 Å². The summed E-state index contributed by atoms with van der Waals surface area (Å²) < 4.78 is 0. The molecule has 0 unspecified atom stereocenters. The zero-order valence-corrected chi connectivity index (χ0v) is 25.1. The van der Waals surface area contributed by atoms with Gasteiger partial charge in [0.2, 0.25) is 0 Å². The van der Waals surface area contributed by atoms with Gasteiger partial charge in [0.1, 0.15) is 0 Å². The van der Waals surface area contributed by atoms with Crippen molar-refractivity contribution in [2.45, 2.75) is 33.1 Å². The molecule has 0 saturated heterocycles. The Morgan fingerprint density at radius 3 is 1.44 bits per heavy atom. The van der Waals surface area contributed by atoms with Gasteiger partial charge in [0.15, 0.2) is 0 Å². The fraction of sp³-hybridized carbons (Fsp3) is 0.273. The SMILES string of the molecule is Cc1sc(-c2ccc(C(=O)NCCN)cc2)cc1C1=C(c2cc(-c3ccc(C(=O)NCCN)cc3)sc2C)CCC1. The molecule has 6 nitrogen and oxygen atoms in total. The van der Waals surface area contributed by atoms with Crippen LogP contribution in [0.1, 0.15) is 60.9 Å². The lowest BCUT2D eigenvalue weighted by molar-refractivity contribution is 0.0946. The van der Waals surface area contributed by atoms with Gasteiger partial charge in [-0.3, -0.25) is 9.59 Å². The van der Waals surface area contributed by atoms with E-state index in [0.717, 1.165) is 30.4 Å². The van der Waals surface area contributed by atoms with Crippen molar-refractivity contribution in [1.82, 2.24) is 10.6 Å². The minimum absolute atomic E-state index is 0.0970. The second-order valence-corrected chi connectivity index (χ2v) is 12.7. The van der Waals surface area contributed by atoms with Gasteiger partial charge in [-0.2, -0.15) is 0 Å². The fourth-order valence-electron chi connectivity index (χ4n) is 5.33. The molecular formula is C33H36N4O2S2. The van der Waals surface area contributed by atoms with Crippen LogP contribution >= 0.6 is 22.7 Å². The summed E-state index contributed by atoms with van der Waals surface area (Å²) >= 11 is 3.61. The number of benzene rings is 2. The fourth-order valence-corrected chi connectivity index (χ4v) is 7.44. The van der Waals surface area contributed by atoms with Crippen LogP contribution in [0.4, 0.5) is 0 Å². The normalized spacial score (nSPS) is 13.1. The highest BCUT2D eigenvalue weighted by molar-refractivity contribution is 7.16. The topological polar surface area (TPSA) is 110 Å². The molecule has 0 aliphatic heterocycles. The number of carbonyl (C=O) groups is 2. The molecule has 2 aromatic heterocycles. The van der Waals surface area contributed by atoms with E-state index in [1.165, 1.54) is 41.8 Å². The van der Waals surface area contributed by atoms with Crippen molar-refractivity contribution < 1.29 is 9.59 Å². The molecular weight excluding hydrogens is 549 g/mol. The van der Waals surface area contributed by atoms with Gasteiger partial charge in [-0.05, 0) is 103 Å². The molecule has 8 heteroatoms. The predicted octanol–water partition coefficient (Wildman–Crippen LogP) is 6.23. The summed E-state index contributed by atoms with van der Waals surface area (Å²) in [6, 6.07) is 20.3. The molecule has 0 radical (unpaired) electrons. The quantitative estimate of drug-likeness (QED) is 0.177. The van der Waals surface area contributed by atoms with Crippen LogP contribution in [0.15, 0.2) is 60.7 Å². The Morgan fingerprint density at radius 2 is 1.07 bits per heavy atom. The Hall–Kier alpha value is -3.56. The van der Waals surface area contributed by atoms with E-state index in [1.807, 2.05) is 48.5 Å². The molecule has 6 N–H and O–H groups in total. The first-order valence-electron chi connectivity index (χ1n) is 14.0. The summed E-state index contributed by atoms with van der Waals surface area (Å²) in [5.74, 6) is -0.194. The number of aryl methyl sites for hydroxylation is 2. The second kappa shape index (κ2) is 13.0. The molecule has 212 valence electrons. The molecule has 4 aromatic rings. The van der Waals surface area contributed by atoms with Gasteiger partial charge < -0.3 is 22.1 Å². The van der Waals surface area contributed by atoms with Gasteiger partial charge in [-0.15, -0.1) is 22.7 Å². The predicted molar refractivity (Wildman–Crippen MR) is 172 cm³/mol. The summed E-state index contributed by atoms with van der Waals surface area (Å²) in [6.45, 7) is 6.20. The summed E-state index contributed by atoms with van der Waals surface area (Å²) in [5.41, 5.74) is 20.1. The average Bonchev–Trinajstić information content (AvgIpc) is 3.72. The van der Waals surface area contributed by atoms with E-state index in [4.69, 9.17) is 11.5 Å². The first-order chi connectivity index (χ1) is 19.9. The number of thiophene rings is 2. The summed E-state index contributed by atoms with van der Waals surface area (Å²) in [5, 5.41) is 5.64. The van der Waals surface area contributed by atoms with Gasteiger partial charge in [0.25, 0.3) is 11.8 Å². The highest BCUT2D eigenvalue weighted by Gasteiger charge is 2.23. The van der Waals surface area contributed by atoms with E-state index >= 15 is 0 Å². The first kappa shape index (κ1) is 29.0. The van der Waals surface area contributed by atoms with Crippen LogP contribution in [0, 0.1) is 13.8 Å². The van der Waals surface area contributed by atoms with Crippen molar-refractivity contribution in [3.05, 3.63) is 92.7 Å². The molecule has 0 saturated carbocycles. The molecule has 1 aliphatic carbocycles. The summed E-state index contributed by atoms with van der Waals surface area (Å²) in [7, 11) is 0. The van der Waals surface area contributed by atoms with Gasteiger partial charge in [-0.1, -0.05) is 24.3 Å². The van der Waals surface area contributed by atoms with Crippen molar-refractivity contribution in [3.63, 3.8) is 0 Å². The van der Waals surface area contributed by atoms with Crippen molar-refractivity contribution in [2.24, 2.45) is 11.5 Å². The van der Waals surface area contributed by atoms with Crippen LogP contribution in [-0.4, -0.2) is 38.0 Å². The van der Waals surface area contributed by atoms with Crippen LogP contribution in [0.2, 0.25) is 0 Å². The highest BCUT2D eigenvalue weighted by Crippen LogP contribution is 2.47. The lowest BCUT2D eigenvalue weighted by atomic mass is 9.96. The Labute approximate surface area is 249 Å². The number of allylic oxidation sites excluding steroid dienone is 2. The van der Waals surface area contributed by atoms with E-state index in [9.17, 15) is 9.59 Å². The molecule has 2 heterocycles. The number of hydrogen-bond acceptors (Lipinski definition) is 6. The molecule has 1 aliphatic rings. The van der Waals surface area contributed by atoms with E-state index in [1.54, 1.807) is 22.7 Å². The van der Waals surface area contributed by atoms with Crippen LogP contribution in [0.25, 0.3) is 32.0 Å². The minimum atomic E-state index is -0.0970. The molecule has 0 atom stereocenters. The third kappa shape index (κ3) is 6.36. The lowest BCUT2D eigenvalue weighted by Crippen LogP contribution is -2.28. The molecule has 2 amide bonds. The average molecular weight is 585 g/mol. The van der Waals surface area contributed by atoms with E-state index < -0.39 is 0 Å². The monoisotopic (exact) mass is 584 g/mol. The molecule has 0 bridgehead atoms.